The van der Waals surface area contributed by atoms with E-state index in [0.29, 0.717) is 44.6 Å². The van der Waals surface area contributed by atoms with Gasteiger partial charge in [-0.3, -0.25) is 14.6 Å². The minimum absolute atomic E-state index is 0.0260. The van der Waals surface area contributed by atoms with Gasteiger partial charge >= 0.3 is 0 Å². The molecule has 1 N–H and O–H groups in total. The van der Waals surface area contributed by atoms with Crippen LogP contribution in [0.25, 0.3) is 22.0 Å². The molecule has 158 valence electrons. The summed E-state index contributed by atoms with van der Waals surface area (Å²) in [5.74, 6) is -0.216. The number of hydrogen-bond donors (Lipinski definition) is 1. The van der Waals surface area contributed by atoms with Crippen LogP contribution < -0.4 is 0 Å². The number of aliphatic hydroxyl groups is 1. The highest BCUT2D eigenvalue weighted by Gasteiger charge is 2.50. The summed E-state index contributed by atoms with van der Waals surface area (Å²) in [5, 5.41) is 11.1. The first-order chi connectivity index (χ1) is 14.9. The van der Waals surface area contributed by atoms with E-state index < -0.39 is 5.60 Å². The quantitative estimate of drug-likeness (QED) is 0.714. The van der Waals surface area contributed by atoms with Crippen molar-refractivity contribution in [1.82, 2.24) is 14.8 Å². The number of aromatic nitrogens is 1. The second-order valence-electron chi connectivity index (χ2n) is 8.55. The molecule has 2 aliphatic rings. The summed E-state index contributed by atoms with van der Waals surface area (Å²) < 4.78 is 0. The van der Waals surface area contributed by atoms with E-state index in [-0.39, 0.29) is 11.8 Å². The number of carbonyl (C=O) groups is 2. The number of benzene rings is 2. The number of fused-ring (bicyclic) bond motifs is 1. The molecule has 5 rings (SSSR count). The average molecular weight is 415 g/mol. The lowest BCUT2D eigenvalue weighted by Gasteiger charge is -2.35. The van der Waals surface area contributed by atoms with Crippen molar-refractivity contribution in [3.05, 3.63) is 65.9 Å². The first-order valence-electron chi connectivity index (χ1n) is 10.7. The third-order valence-corrected chi connectivity index (χ3v) is 6.27. The van der Waals surface area contributed by atoms with Gasteiger partial charge < -0.3 is 14.9 Å². The molecule has 2 fully saturated rings. The largest absolute Gasteiger partial charge is 0.380 e. The van der Waals surface area contributed by atoms with Crippen LogP contribution in [0.15, 0.2) is 54.6 Å². The lowest BCUT2D eigenvalue weighted by atomic mass is 10.0. The average Bonchev–Trinajstić information content (AvgIpc) is 3.56. The van der Waals surface area contributed by atoms with Crippen LogP contribution in [0.1, 0.15) is 28.9 Å². The molecule has 6 heteroatoms. The minimum Gasteiger partial charge on any atom is -0.380 e. The number of pyridine rings is 1. The fraction of sp³-hybridized carbons (Fsp3) is 0.320. The fourth-order valence-corrected chi connectivity index (χ4v) is 4.13. The Bertz CT molecular complexity index is 1160. The molecule has 1 saturated carbocycles. The van der Waals surface area contributed by atoms with E-state index >= 15 is 0 Å². The second-order valence-corrected chi connectivity index (χ2v) is 8.55. The van der Waals surface area contributed by atoms with Crippen molar-refractivity contribution < 1.29 is 14.7 Å². The van der Waals surface area contributed by atoms with E-state index in [9.17, 15) is 14.7 Å². The molecule has 1 saturated heterocycles. The van der Waals surface area contributed by atoms with Crippen molar-refractivity contribution >= 4 is 22.7 Å². The number of amides is 2. The lowest BCUT2D eigenvalue weighted by Crippen LogP contribution is -2.53. The fourth-order valence-electron chi connectivity index (χ4n) is 4.13. The van der Waals surface area contributed by atoms with Crippen molar-refractivity contribution in [3.63, 3.8) is 0 Å². The Hall–Kier alpha value is -3.25. The molecule has 0 spiro atoms. The van der Waals surface area contributed by atoms with Crippen LogP contribution in [-0.4, -0.2) is 63.5 Å². The van der Waals surface area contributed by atoms with Crippen molar-refractivity contribution in [1.29, 1.82) is 0 Å². The monoisotopic (exact) mass is 415 g/mol. The van der Waals surface area contributed by atoms with Gasteiger partial charge in [-0.25, -0.2) is 0 Å². The van der Waals surface area contributed by atoms with Gasteiger partial charge in [-0.15, -0.1) is 0 Å². The van der Waals surface area contributed by atoms with Crippen LogP contribution in [0.4, 0.5) is 0 Å². The number of hydrogen-bond acceptors (Lipinski definition) is 4. The van der Waals surface area contributed by atoms with E-state index in [1.807, 2.05) is 43.3 Å². The number of aryl methyl sites for hydroxylation is 1. The molecule has 2 aromatic carbocycles. The van der Waals surface area contributed by atoms with Gasteiger partial charge in [0.2, 0.25) is 0 Å². The Morgan fingerprint density at radius 1 is 0.871 bits per heavy atom. The van der Waals surface area contributed by atoms with Crippen molar-refractivity contribution in [2.45, 2.75) is 25.4 Å². The Balaban J connectivity index is 1.26. The van der Waals surface area contributed by atoms with Gasteiger partial charge in [-0.05, 0) is 61.2 Å². The van der Waals surface area contributed by atoms with Crippen LogP contribution >= 0.6 is 0 Å². The summed E-state index contributed by atoms with van der Waals surface area (Å²) in [5.41, 5.74) is 3.61. The lowest BCUT2D eigenvalue weighted by molar-refractivity contribution is -0.143. The second kappa shape index (κ2) is 7.46. The first-order valence-corrected chi connectivity index (χ1v) is 10.7. The zero-order valence-electron chi connectivity index (χ0n) is 17.5. The molecule has 2 heterocycles. The third kappa shape index (κ3) is 3.79. The molecule has 0 radical (unpaired) electrons. The highest BCUT2D eigenvalue weighted by molar-refractivity contribution is 5.95. The van der Waals surface area contributed by atoms with Gasteiger partial charge in [-0.1, -0.05) is 24.3 Å². The Kier molecular flexibility index (Phi) is 4.74. The maximum Gasteiger partial charge on any atom is 0.254 e. The molecule has 31 heavy (non-hydrogen) atoms. The molecule has 1 aliphatic heterocycles. The minimum atomic E-state index is -1.14. The normalized spacial score (nSPS) is 17.6. The van der Waals surface area contributed by atoms with Crippen LogP contribution in [0.2, 0.25) is 0 Å². The molecular weight excluding hydrogens is 390 g/mol. The van der Waals surface area contributed by atoms with Crippen molar-refractivity contribution in [2.24, 2.45) is 0 Å². The number of piperazine rings is 1. The van der Waals surface area contributed by atoms with E-state index in [0.717, 1.165) is 27.7 Å². The predicted octanol–water partition coefficient (Wildman–Crippen LogP) is 3.02. The van der Waals surface area contributed by atoms with Gasteiger partial charge in [0.1, 0.15) is 5.60 Å². The SMILES string of the molecule is Cc1ccc2cc(-c3ccc(C(=O)N4CCN(C(=O)C5(O)CC5)CC4)cc3)ccc2n1. The van der Waals surface area contributed by atoms with Gasteiger partial charge in [0.15, 0.2) is 0 Å². The third-order valence-electron chi connectivity index (χ3n) is 6.27. The maximum atomic E-state index is 12.9. The number of carbonyl (C=O) groups excluding carboxylic acids is 2. The predicted molar refractivity (Wildman–Crippen MR) is 119 cm³/mol. The zero-order valence-corrected chi connectivity index (χ0v) is 17.5. The molecule has 3 aromatic rings. The molecule has 0 atom stereocenters. The Morgan fingerprint density at radius 2 is 1.52 bits per heavy atom. The van der Waals surface area contributed by atoms with Gasteiger partial charge in [-0.2, -0.15) is 0 Å². The topological polar surface area (TPSA) is 73.7 Å². The molecule has 1 aromatic heterocycles. The number of nitrogens with zero attached hydrogens (tertiary/aromatic N) is 3. The van der Waals surface area contributed by atoms with Gasteiger partial charge in [0, 0.05) is 42.8 Å². The summed E-state index contributed by atoms with van der Waals surface area (Å²) in [6.07, 6.45) is 1.09. The van der Waals surface area contributed by atoms with Gasteiger partial charge in [0.25, 0.3) is 11.8 Å². The first kappa shape index (κ1) is 19.7. The molecule has 0 unspecified atom stereocenters. The summed E-state index contributed by atoms with van der Waals surface area (Å²) in [4.78, 5) is 33.2. The highest BCUT2D eigenvalue weighted by Crippen LogP contribution is 2.37. The molecule has 2 amide bonds. The van der Waals surface area contributed by atoms with E-state index in [1.54, 1.807) is 9.80 Å². The standard InChI is InChI=1S/C25H25N3O3/c1-17-2-3-21-16-20(8-9-22(21)26-17)18-4-6-19(7-5-18)23(29)27-12-14-28(15-13-27)24(30)25(31)10-11-25/h2-9,16,31H,10-15H2,1H3. The number of rotatable bonds is 3. The van der Waals surface area contributed by atoms with E-state index in [4.69, 9.17) is 0 Å². The molecule has 1 aliphatic carbocycles. The summed E-state index contributed by atoms with van der Waals surface area (Å²) in [7, 11) is 0. The smallest absolute Gasteiger partial charge is 0.254 e. The maximum absolute atomic E-state index is 12.9. The Morgan fingerprint density at radius 3 is 2.19 bits per heavy atom. The molecule has 6 nitrogen and oxygen atoms in total. The zero-order chi connectivity index (χ0) is 21.6. The summed E-state index contributed by atoms with van der Waals surface area (Å²) in [6.45, 7) is 3.89. The van der Waals surface area contributed by atoms with Crippen LogP contribution in [0.3, 0.4) is 0 Å². The highest BCUT2D eigenvalue weighted by atomic mass is 16.3. The van der Waals surface area contributed by atoms with Gasteiger partial charge in [0.05, 0.1) is 5.52 Å². The van der Waals surface area contributed by atoms with Crippen LogP contribution in [0, 0.1) is 6.92 Å². The molecular formula is C25H25N3O3. The Labute approximate surface area is 181 Å². The summed E-state index contributed by atoms with van der Waals surface area (Å²) in [6, 6.07) is 17.9. The van der Waals surface area contributed by atoms with Crippen LogP contribution in [0.5, 0.6) is 0 Å². The van der Waals surface area contributed by atoms with Crippen molar-refractivity contribution in [3.8, 4) is 11.1 Å². The van der Waals surface area contributed by atoms with E-state index in [2.05, 4.69) is 23.2 Å². The van der Waals surface area contributed by atoms with E-state index in [1.165, 1.54) is 0 Å². The molecule has 0 bridgehead atoms. The van der Waals surface area contributed by atoms with Crippen LogP contribution in [-0.2, 0) is 4.79 Å². The summed E-state index contributed by atoms with van der Waals surface area (Å²) >= 11 is 0. The van der Waals surface area contributed by atoms with Crippen molar-refractivity contribution in [2.75, 3.05) is 26.2 Å².